The van der Waals surface area contributed by atoms with Crippen LogP contribution in [0, 0.1) is 5.92 Å². The summed E-state index contributed by atoms with van der Waals surface area (Å²) >= 11 is 0. The maximum atomic E-state index is 13.1. The number of esters is 1. The zero-order valence-electron chi connectivity index (χ0n) is 17.3. The van der Waals surface area contributed by atoms with E-state index in [1.165, 1.54) is 23.4 Å². The summed E-state index contributed by atoms with van der Waals surface area (Å²) in [5, 5.41) is 0. The van der Waals surface area contributed by atoms with Gasteiger partial charge in [-0.3, -0.25) is 9.59 Å². The molecule has 0 unspecified atom stereocenters. The predicted molar refractivity (Wildman–Crippen MR) is 107 cm³/mol. The van der Waals surface area contributed by atoms with Crippen molar-refractivity contribution >= 4 is 27.6 Å². The highest BCUT2D eigenvalue weighted by Crippen LogP contribution is 2.39. The number of piperidine rings is 1. The van der Waals surface area contributed by atoms with Crippen LogP contribution in [-0.4, -0.2) is 56.4 Å². The van der Waals surface area contributed by atoms with Gasteiger partial charge < -0.3 is 14.4 Å². The third-order valence-corrected chi connectivity index (χ3v) is 7.13. The maximum absolute atomic E-state index is 13.1. The molecule has 1 amide bonds. The van der Waals surface area contributed by atoms with Crippen LogP contribution < -0.4 is 9.64 Å². The van der Waals surface area contributed by atoms with Gasteiger partial charge in [0.05, 0.1) is 29.7 Å². The summed E-state index contributed by atoms with van der Waals surface area (Å²) in [6.45, 7) is 8.12. The molecule has 0 aromatic heterocycles. The molecule has 1 fully saturated rings. The number of rotatable bonds is 4. The second kappa shape index (κ2) is 7.95. The number of fused-ring (bicyclic) bond motifs is 1. The average Bonchev–Trinajstić information content (AvgIpc) is 2.66. The molecule has 8 nitrogen and oxygen atoms in total. The minimum absolute atomic E-state index is 0.111. The minimum atomic E-state index is -3.75. The van der Waals surface area contributed by atoms with Crippen molar-refractivity contribution in [1.29, 1.82) is 0 Å². The first-order valence-corrected chi connectivity index (χ1v) is 11.3. The van der Waals surface area contributed by atoms with E-state index in [-0.39, 0.29) is 35.8 Å². The Balaban J connectivity index is 1.83. The Kier molecular flexibility index (Phi) is 5.91. The van der Waals surface area contributed by atoms with Crippen LogP contribution in [0.2, 0.25) is 0 Å². The van der Waals surface area contributed by atoms with Gasteiger partial charge >= 0.3 is 5.97 Å². The molecule has 3 rings (SSSR count). The fourth-order valence-corrected chi connectivity index (χ4v) is 5.26. The van der Waals surface area contributed by atoms with E-state index >= 15 is 0 Å². The summed E-state index contributed by atoms with van der Waals surface area (Å²) in [7, 11) is -3.75. The monoisotopic (exact) mass is 424 g/mol. The number of benzene rings is 1. The Labute approximate surface area is 171 Å². The fraction of sp³-hybridized carbons (Fsp3) is 0.600. The first-order chi connectivity index (χ1) is 13.5. The van der Waals surface area contributed by atoms with Crippen molar-refractivity contribution in [3.8, 4) is 5.75 Å². The van der Waals surface area contributed by atoms with E-state index in [4.69, 9.17) is 9.47 Å². The first-order valence-electron chi connectivity index (χ1n) is 9.83. The average molecular weight is 425 g/mol. The van der Waals surface area contributed by atoms with Crippen molar-refractivity contribution in [1.82, 2.24) is 4.31 Å². The molecule has 9 heteroatoms. The van der Waals surface area contributed by atoms with Crippen LogP contribution in [0.3, 0.4) is 0 Å². The quantitative estimate of drug-likeness (QED) is 0.688. The summed E-state index contributed by atoms with van der Waals surface area (Å²) in [6.07, 6.45) is 0.861. The Bertz CT molecular complexity index is 904. The van der Waals surface area contributed by atoms with Gasteiger partial charge in [-0.2, -0.15) is 4.31 Å². The van der Waals surface area contributed by atoms with Gasteiger partial charge in [0.15, 0.2) is 0 Å². The largest absolute Gasteiger partial charge is 0.484 e. The second-order valence-corrected chi connectivity index (χ2v) is 9.96. The number of anilines is 1. The first kappa shape index (κ1) is 21.6. The van der Waals surface area contributed by atoms with E-state index < -0.39 is 15.6 Å². The number of carbonyl (C=O) groups excluding carboxylic acids is 2. The van der Waals surface area contributed by atoms with Gasteiger partial charge in [0.1, 0.15) is 11.4 Å². The van der Waals surface area contributed by atoms with Crippen LogP contribution >= 0.6 is 0 Å². The Morgan fingerprint density at radius 1 is 1.24 bits per heavy atom. The highest BCUT2D eigenvalue weighted by molar-refractivity contribution is 7.89. The van der Waals surface area contributed by atoms with E-state index in [9.17, 15) is 18.0 Å². The molecule has 2 aliphatic rings. The van der Waals surface area contributed by atoms with Gasteiger partial charge in [-0.1, -0.05) is 0 Å². The number of ether oxygens (including phenoxy) is 2. The lowest BCUT2D eigenvalue weighted by atomic mass is 9.98. The Morgan fingerprint density at radius 3 is 2.48 bits per heavy atom. The lowest BCUT2D eigenvalue weighted by molar-refractivity contribution is -0.149. The zero-order chi connectivity index (χ0) is 21.4. The molecular formula is C20H28N2O6S. The molecule has 0 radical (unpaired) electrons. The molecule has 0 aliphatic carbocycles. The van der Waals surface area contributed by atoms with Crippen LogP contribution in [-0.2, 0) is 24.3 Å². The highest BCUT2D eigenvalue weighted by atomic mass is 32.2. The number of sulfonamides is 1. The third kappa shape index (κ3) is 4.40. The molecule has 1 aromatic rings. The van der Waals surface area contributed by atoms with E-state index in [0.717, 1.165) is 0 Å². The van der Waals surface area contributed by atoms with Gasteiger partial charge in [0.2, 0.25) is 15.9 Å². The van der Waals surface area contributed by atoms with Crippen molar-refractivity contribution in [3.05, 3.63) is 18.2 Å². The smallest absolute Gasteiger partial charge is 0.309 e. The molecule has 0 bridgehead atoms. The molecule has 1 saturated heterocycles. The molecule has 2 aliphatic heterocycles. The molecule has 160 valence electrons. The second-order valence-electron chi connectivity index (χ2n) is 8.03. The molecule has 29 heavy (non-hydrogen) atoms. The minimum Gasteiger partial charge on any atom is -0.484 e. The van der Waals surface area contributed by atoms with Gasteiger partial charge in [-0.05, 0) is 51.8 Å². The van der Waals surface area contributed by atoms with Crippen molar-refractivity contribution in [2.75, 3.05) is 31.1 Å². The van der Waals surface area contributed by atoms with E-state index in [1.807, 2.05) is 13.8 Å². The van der Waals surface area contributed by atoms with Crippen molar-refractivity contribution in [2.24, 2.45) is 5.92 Å². The van der Waals surface area contributed by atoms with E-state index in [2.05, 4.69) is 0 Å². The zero-order valence-corrected chi connectivity index (χ0v) is 18.1. The van der Waals surface area contributed by atoms with Crippen molar-refractivity contribution < 1.29 is 27.5 Å². The van der Waals surface area contributed by atoms with Crippen LogP contribution in [0.25, 0.3) is 0 Å². The SMILES string of the molecule is CCOC(=O)C1CCN(S(=O)(=O)c2ccc3c(c2)N(C(C)=O)CC(C)(C)O3)CC1. The van der Waals surface area contributed by atoms with Gasteiger partial charge in [0, 0.05) is 20.0 Å². The molecule has 0 atom stereocenters. The number of carbonyl (C=O) groups is 2. The van der Waals surface area contributed by atoms with E-state index in [0.29, 0.717) is 37.4 Å². The molecule has 1 aromatic carbocycles. The summed E-state index contributed by atoms with van der Waals surface area (Å²) in [4.78, 5) is 25.7. The summed E-state index contributed by atoms with van der Waals surface area (Å²) in [6, 6.07) is 4.61. The molecular weight excluding hydrogens is 396 g/mol. The number of nitrogens with zero attached hydrogens (tertiary/aromatic N) is 2. The van der Waals surface area contributed by atoms with Crippen molar-refractivity contribution in [3.63, 3.8) is 0 Å². The summed E-state index contributed by atoms with van der Waals surface area (Å²) in [5.74, 6) is -0.229. The lowest BCUT2D eigenvalue weighted by Crippen LogP contribution is -2.48. The topological polar surface area (TPSA) is 93.2 Å². The normalized spacial score (nSPS) is 19.9. The van der Waals surface area contributed by atoms with Gasteiger partial charge in [-0.25, -0.2) is 8.42 Å². The number of amides is 1. The maximum Gasteiger partial charge on any atom is 0.309 e. The third-order valence-electron chi connectivity index (χ3n) is 5.24. The molecule has 0 saturated carbocycles. The molecule has 0 N–H and O–H groups in total. The summed E-state index contributed by atoms with van der Waals surface area (Å²) in [5.41, 5.74) is -0.104. The van der Waals surface area contributed by atoms with Crippen LogP contribution in [0.5, 0.6) is 5.75 Å². The van der Waals surface area contributed by atoms with Crippen LogP contribution in [0.1, 0.15) is 40.5 Å². The molecule has 2 heterocycles. The summed E-state index contributed by atoms with van der Waals surface area (Å²) < 4.78 is 38.6. The number of hydrogen-bond donors (Lipinski definition) is 0. The standard InChI is InChI=1S/C20H28N2O6S/c1-5-27-19(24)15-8-10-21(11-9-15)29(25,26)16-6-7-18-17(12-16)22(14(2)23)13-20(3,4)28-18/h6-7,12,15H,5,8-11,13H2,1-4H3. The van der Waals surface area contributed by atoms with E-state index in [1.54, 1.807) is 17.9 Å². The van der Waals surface area contributed by atoms with Crippen LogP contribution in [0.4, 0.5) is 5.69 Å². The Hall–Kier alpha value is -2.13. The molecule has 0 spiro atoms. The van der Waals surface area contributed by atoms with Crippen LogP contribution in [0.15, 0.2) is 23.1 Å². The van der Waals surface area contributed by atoms with Gasteiger partial charge in [-0.15, -0.1) is 0 Å². The fourth-order valence-electron chi connectivity index (χ4n) is 3.77. The Morgan fingerprint density at radius 2 is 1.90 bits per heavy atom. The number of hydrogen-bond acceptors (Lipinski definition) is 6. The predicted octanol–water partition coefficient (Wildman–Crippen LogP) is 2.17. The lowest BCUT2D eigenvalue weighted by Gasteiger charge is -2.39. The highest BCUT2D eigenvalue weighted by Gasteiger charge is 2.37. The van der Waals surface area contributed by atoms with Crippen molar-refractivity contribution in [2.45, 2.75) is 51.0 Å². The van der Waals surface area contributed by atoms with Gasteiger partial charge in [0.25, 0.3) is 0 Å².